The Bertz CT molecular complexity index is 346. The summed E-state index contributed by atoms with van der Waals surface area (Å²) < 4.78 is 5.64. The van der Waals surface area contributed by atoms with Crippen LogP contribution in [0.5, 0.6) is 0 Å². The molecule has 1 aromatic rings. The molecular formula is C12H17ClN2O. The Labute approximate surface area is 101 Å². The first-order valence-electron chi connectivity index (χ1n) is 5.77. The molecule has 16 heavy (non-hydrogen) atoms. The van der Waals surface area contributed by atoms with Gasteiger partial charge in [0.1, 0.15) is 11.0 Å². The van der Waals surface area contributed by atoms with E-state index in [-0.39, 0.29) is 0 Å². The van der Waals surface area contributed by atoms with Crippen molar-refractivity contribution in [2.45, 2.75) is 25.9 Å². The number of pyridine rings is 1. The van der Waals surface area contributed by atoms with Gasteiger partial charge < -0.3 is 10.1 Å². The van der Waals surface area contributed by atoms with E-state index in [2.05, 4.69) is 17.2 Å². The average Bonchev–Trinajstić information content (AvgIpc) is 2.74. The van der Waals surface area contributed by atoms with Crippen LogP contribution < -0.4 is 5.32 Å². The van der Waals surface area contributed by atoms with E-state index in [4.69, 9.17) is 16.3 Å². The van der Waals surface area contributed by atoms with Crippen molar-refractivity contribution in [2.75, 3.05) is 18.5 Å². The van der Waals surface area contributed by atoms with Gasteiger partial charge in [-0.1, -0.05) is 24.6 Å². The highest BCUT2D eigenvalue weighted by Crippen LogP contribution is 2.23. The van der Waals surface area contributed by atoms with Crippen molar-refractivity contribution in [2.24, 2.45) is 5.92 Å². The lowest BCUT2D eigenvalue weighted by Crippen LogP contribution is -2.23. The summed E-state index contributed by atoms with van der Waals surface area (Å²) in [6.07, 6.45) is 2.60. The summed E-state index contributed by atoms with van der Waals surface area (Å²) in [6, 6.07) is 5.61. The topological polar surface area (TPSA) is 34.1 Å². The summed E-state index contributed by atoms with van der Waals surface area (Å²) in [5.74, 6) is 1.43. The number of nitrogens with zero attached hydrogens (tertiary/aromatic N) is 1. The van der Waals surface area contributed by atoms with Gasteiger partial charge in [0.2, 0.25) is 0 Å². The standard InChI is InChI=1S/C12H17ClN2O/c1-2-10-9(6-7-16-10)8-14-12-5-3-4-11(13)15-12/h3-5,9-10H,2,6-8H2,1H3,(H,14,15). The van der Waals surface area contributed by atoms with Crippen LogP contribution >= 0.6 is 11.6 Å². The molecule has 2 atom stereocenters. The Morgan fingerprint density at radius 1 is 1.56 bits per heavy atom. The van der Waals surface area contributed by atoms with E-state index in [1.54, 1.807) is 6.07 Å². The SMILES string of the molecule is CCC1OCCC1CNc1cccc(Cl)n1. The molecule has 1 aromatic heterocycles. The predicted molar refractivity (Wildman–Crippen MR) is 65.9 cm³/mol. The Hall–Kier alpha value is -0.800. The van der Waals surface area contributed by atoms with Gasteiger partial charge in [-0.05, 0) is 25.0 Å². The molecule has 0 amide bonds. The van der Waals surface area contributed by atoms with Gasteiger partial charge in [0, 0.05) is 19.1 Å². The summed E-state index contributed by atoms with van der Waals surface area (Å²) >= 11 is 5.82. The second kappa shape index (κ2) is 5.51. The summed E-state index contributed by atoms with van der Waals surface area (Å²) in [7, 11) is 0. The smallest absolute Gasteiger partial charge is 0.131 e. The molecule has 0 bridgehead atoms. The molecule has 0 spiro atoms. The maximum Gasteiger partial charge on any atom is 0.131 e. The largest absolute Gasteiger partial charge is 0.378 e. The number of nitrogens with one attached hydrogen (secondary N) is 1. The molecule has 2 unspecified atom stereocenters. The molecule has 4 heteroatoms. The lowest BCUT2D eigenvalue weighted by atomic mass is 10.00. The summed E-state index contributed by atoms with van der Waals surface area (Å²) in [5, 5.41) is 3.84. The van der Waals surface area contributed by atoms with Crippen LogP contribution in [0.4, 0.5) is 5.82 Å². The molecule has 1 aliphatic heterocycles. The van der Waals surface area contributed by atoms with Crippen LogP contribution in [0.2, 0.25) is 5.15 Å². The quantitative estimate of drug-likeness (QED) is 0.822. The number of hydrogen-bond acceptors (Lipinski definition) is 3. The minimum Gasteiger partial charge on any atom is -0.378 e. The molecule has 3 nitrogen and oxygen atoms in total. The minimum absolute atomic E-state index is 0.395. The van der Waals surface area contributed by atoms with Crippen LogP contribution in [-0.4, -0.2) is 24.2 Å². The third-order valence-corrected chi connectivity index (χ3v) is 3.22. The molecule has 1 fully saturated rings. The number of aromatic nitrogens is 1. The van der Waals surface area contributed by atoms with E-state index in [0.717, 1.165) is 31.8 Å². The number of hydrogen-bond donors (Lipinski definition) is 1. The molecule has 2 rings (SSSR count). The van der Waals surface area contributed by atoms with Crippen LogP contribution in [0.15, 0.2) is 18.2 Å². The van der Waals surface area contributed by atoms with Gasteiger partial charge >= 0.3 is 0 Å². The Kier molecular flexibility index (Phi) is 4.02. The van der Waals surface area contributed by atoms with E-state index in [1.807, 2.05) is 12.1 Å². The van der Waals surface area contributed by atoms with Crippen molar-refractivity contribution < 1.29 is 4.74 Å². The van der Waals surface area contributed by atoms with Crippen molar-refractivity contribution in [1.29, 1.82) is 0 Å². The van der Waals surface area contributed by atoms with E-state index < -0.39 is 0 Å². The zero-order valence-electron chi connectivity index (χ0n) is 9.45. The number of ether oxygens (including phenoxy) is 1. The van der Waals surface area contributed by atoms with Crippen LogP contribution in [0.25, 0.3) is 0 Å². The molecule has 2 heterocycles. The monoisotopic (exact) mass is 240 g/mol. The van der Waals surface area contributed by atoms with E-state index in [1.165, 1.54) is 0 Å². The van der Waals surface area contributed by atoms with Gasteiger partial charge in [-0.25, -0.2) is 4.98 Å². The molecular weight excluding hydrogens is 224 g/mol. The van der Waals surface area contributed by atoms with Crippen LogP contribution in [0.3, 0.4) is 0 Å². The average molecular weight is 241 g/mol. The van der Waals surface area contributed by atoms with Crippen LogP contribution in [0, 0.1) is 5.92 Å². The summed E-state index contributed by atoms with van der Waals surface area (Å²) in [6.45, 7) is 3.96. The first kappa shape index (κ1) is 11.7. The molecule has 0 aliphatic carbocycles. The normalized spacial score (nSPS) is 24.6. The number of halogens is 1. The highest BCUT2D eigenvalue weighted by atomic mass is 35.5. The van der Waals surface area contributed by atoms with Gasteiger partial charge in [0.05, 0.1) is 6.10 Å². The maximum absolute atomic E-state index is 5.82. The molecule has 0 radical (unpaired) electrons. The van der Waals surface area contributed by atoms with Gasteiger partial charge in [0.15, 0.2) is 0 Å². The second-order valence-electron chi connectivity index (χ2n) is 4.09. The molecule has 1 saturated heterocycles. The Balaban J connectivity index is 1.87. The molecule has 88 valence electrons. The predicted octanol–water partition coefficient (Wildman–Crippen LogP) is 2.96. The maximum atomic E-state index is 5.82. The highest BCUT2D eigenvalue weighted by Gasteiger charge is 2.26. The van der Waals surface area contributed by atoms with Crippen molar-refractivity contribution in [3.05, 3.63) is 23.4 Å². The van der Waals surface area contributed by atoms with E-state index >= 15 is 0 Å². The fourth-order valence-electron chi connectivity index (χ4n) is 2.12. The van der Waals surface area contributed by atoms with Crippen molar-refractivity contribution >= 4 is 17.4 Å². The summed E-state index contributed by atoms with van der Waals surface area (Å²) in [4.78, 5) is 4.20. The second-order valence-corrected chi connectivity index (χ2v) is 4.48. The minimum atomic E-state index is 0.395. The molecule has 1 N–H and O–H groups in total. The van der Waals surface area contributed by atoms with Gasteiger partial charge in [-0.2, -0.15) is 0 Å². The first-order chi connectivity index (χ1) is 7.79. The van der Waals surface area contributed by atoms with Crippen LogP contribution in [0.1, 0.15) is 19.8 Å². The van der Waals surface area contributed by atoms with Crippen molar-refractivity contribution in [3.8, 4) is 0 Å². The number of rotatable bonds is 4. The molecule has 0 aromatic carbocycles. The van der Waals surface area contributed by atoms with Crippen molar-refractivity contribution in [3.63, 3.8) is 0 Å². The van der Waals surface area contributed by atoms with Gasteiger partial charge in [-0.3, -0.25) is 0 Å². The zero-order valence-corrected chi connectivity index (χ0v) is 10.2. The zero-order chi connectivity index (χ0) is 11.4. The molecule has 1 aliphatic rings. The van der Waals surface area contributed by atoms with Crippen molar-refractivity contribution in [1.82, 2.24) is 4.98 Å². The third kappa shape index (κ3) is 2.86. The molecule has 0 saturated carbocycles. The van der Waals surface area contributed by atoms with Gasteiger partial charge in [-0.15, -0.1) is 0 Å². The Morgan fingerprint density at radius 3 is 3.19 bits per heavy atom. The van der Waals surface area contributed by atoms with Crippen LogP contribution in [-0.2, 0) is 4.74 Å². The number of anilines is 1. The third-order valence-electron chi connectivity index (χ3n) is 3.01. The lowest BCUT2D eigenvalue weighted by Gasteiger charge is -2.17. The fraction of sp³-hybridized carbons (Fsp3) is 0.583. The first-order valence-corrected chi connectivity index (χ1v) is 6.15. The Morgan fingerprint density at radius 2 is 2.44 bits per heavy atom. The lowest BCUT2D eigenvalue weighted by molar-refractivity contribution is 0.0900. The van der Waals surface area contributed by atoms with E-state index in [0.29, 0.717) is 17.2 Å². The van der Waals surface area contributed by atoms with Gasteiger partial charge in [0.25, 0.3) is 0 Å². The summed E-state index contributed by atoms with van der Waals surface area (Å²) in [5.41, 5.74) is 0. The highest BCUT2D eigenvalue weighted by molar-refractivity contribution is 6.29. The fourth-order valence-corrected chi connectivity index (χ4v) is 2.28. The van der Waals surface area contributed by atoms with E-state index in [9.17, 15) is 0 Å².